The zero-order valence-electron chi connectivity index (χ0n) is 13.2. The Kier molecular flexibility index (Phi) is 6.34. The summed E-state index contributed by atoms with van der Waals surface area (Å²) in [4.78, 5) is 14.2. The molecule has 1 heterocycles. The number of piperidine rings is 1. The molecule has 4 nitrogen and oxygen atoms in total. The summed E-state index contributed by atoms with van der Waals surface area (Å²) in [6.45, 7) is 4.93. The number of likely N-dealkylation sites (tertiary alicyclic amines) is 1. The monoisotopic (exact) mass is 307 g/mol. The zero-order chi connectivity index (χ0) is 15.9. The van der Waals surface area contributed by atoms with Crippen LogP contribution in [0.15, 0.2) is 24.3 Å². The lowest BCUT2D eigenvalue weighted by atomic mass is 9.92. The third-order valence-corrected chi connectivity index (χ3v) is 4.30. The molecule has 0 radical (unpaired) electrons. The Hall–Kier alpha value is -1.46. The average molecular weight is 307 g/mol. The molecule has 0 spiro atoms. The highest BCUT2D eigenvalue weighted by Gasteiger charge is 2.23. The largest absolute Gasteiger partial charge is 0.355 e. The number of halogens is 1. The van der Waals surface area contributed by atoms with Crippen LogP contribution in [0.5, 0.6) is 0 Å². The van der Waals surface area contributed by atoms with Gasteiger partial charge in [-0.2, -0.15) is 0 Å². The standard InChI is InChI=1S/C17H26FN3O/c1-13(19)15-3-2-10-21(11-15)12-17(22)20-9-8-14-4-6-16(18)7-5-14/h4-7,13,15H,2-3,8-12,19H2,1H3,(H,20,22). The molecule has 5 heteroatoms. The van der Waals surface area contributed by atoms with Crippen LogP contribution >= 0.6 is 0 Å². The number of amides is 1. The van der Waals surface area contributed by atoms with Crippen molar-refractivity contribution >= 4 is 5.91 Å². The van der Waals surface area contributed by atoms with Crippen molar-refractivity contribution in [3.05, 3.63) is 35.6 Å². The minimum atomic E-state index is -0.235. The molecule has 1 fully saturated rings. The molecule has 2 atom stereocenters. The van der Waals surface area contributed by atoms with Crippen molar-refractivity contribution in [2.24, 2.45) is 11.7 Å². The van der Waals surface area contributed by atoms with E-state index in [-0.39, 0.29) is 17.8 Å². The average Bonchev–Trinajstić information content (AvgIpc) is 2.49. The van der Waals surface area contributed by atoms with Crippen LogP contribution in [0.2, 0.25) is 0 Å². The van der Waals surface area contributed by atoms with Crippen LogP contribution in [-0.4, -0.2) is 43.0 Å². The Labute approximate surface area is 131 Å². The van der Waals surface area contributed by atoms with Gasteiger partial charge in [-0.3, -0.25) is 9.69 Å². The van der Waals surface area contributed by atoms with Crippen molar-refractivity contribution in [3.8, 4) is 0 Å². The Bertz CT molecular complexity index is 475. The molecule has 1 aromatic rings. The fourth-order valence-corrected chi connectivity index (χ4v) is 2.92. The van der Waals surface area contributed by atoms with Crippen LogP contribution in [0.4, 0.5) is 4.39 Å². The fraction of sp³-hybridized carbons (Fsp3) is 0.588. The minimum absolute atomic E-state index is 0.0486. The van der Waals surface area contributed by atoms with Gasteiger partial charge in [0.05, 0.1) is 6.54 Å². The molecule has 0 saturated carbocycles. The molecule has 0 aromatic heterocycles. The van der Waals surface area contributed by atoms with Crippen LogP contribution in [0.1, 0.15) is 25.3 Å². The maximum absolute atomic E-state index is 12.8. The highest BCUT2D eigenvalue weighted by Crippen LogP contribution is 2.18. The molecule has 1 aliphatic heterocycles. The lowest BCUT2D eigenvalue weighted by Crippen LogP contribution is -2.46. The quantitative estimate of drug-likeness (QED) is 0.838. The lowest BCUT2D eigenvalue weighted by molar-refractivity contribution is -0.122. The van der Waals surface area contributed by atoms with Gasteiger partial charge in [0.1, 0.15) is 5.82 Å². The number of rotatable bonds is 6. The first-order valence-corrected chi connectivity index (χ1v) is 8.03. The first-order valence-electron chi connectivity index (χ1n) is 8.03. The highest BCUT2D eigenvalue weighted by atomic mass is 19.1. The smallest absolute Gasteiger partial charge is 0.234 e. The summed E-state index contributed by atoms with van der Waals surface area (Å²) in [5, 5.41) is 2.93. The lowest BCUT2D eigenvalue weighted by Gasteiger charge is -2.34. The van der Waals surface area contributed by atoms with Crippen LogP contribution in [0.25, 0.3) is 0 Å². The first-order chi connectivity index (χ1) is 10.5. The van der Waals surface area contributed by atoms with Gasteiger partial charge < -0.3 is 11.1 Å². The van der Waals surface area contributed by atoms with E-state index >= 15 is 0 Å². The summed E-state index contributed by atoms with van der Waals surface area (Å²) < 4.78 is 12.8. The molecule has 2 unspecified atom stereocenters. The van der Waals surface area contributed by atoms with Crippen molar-refractivity contribution in [2.45, 2.75) is 32.2 Å². The molecule has 0 aliphatic carbocycles. The first kappa shape index (κ1) is 16.9. The van der Waals surface area contributed by atoms with Crippen LogP contribution in [-0.2, 0) is 11.2 Å². The van der Waals surface area contributed by atoms with Crippen LogP contribution in [0.3, 0.4) is 0 Å². The van der Waals surface area contributed by atoms with Crippen molar-refractivity contribution in [1.82, 2.24) is 10.2 Å². The third kappa shape index (κ3) is 5.39. The molecule has 1 amide bonds. The number of carbonyl (C=O) groups is 1. The van der Waals surface area contributed by atoms with Crippen molar-refractivity contribution in [1.29, 1.82) is 0 Å². The number of hydrogen-bond donors (Lipinski definition) is 2. The number of benzene rings is 1. The van der Waals surface area contributed by atoms with Gasteiger partial charge in [-0.05, 0) is 56.3 Å². The summed E-state index contributed by atoms with van der Waals surface area (Å²) in [6, 6.07) is 6.57. The number of hydrogen-bond acceptors (Lipinski definition) is 3. The maximum atomic E-state index is 12.8. The molecule has 122 valence electrons. The third-order valence-electron chi connectivity index (χ3n) is 4.30. The van der Waals surface area contributed by atoms with Gasteiger partial charge in [-0.25, -0.2) is 4.39 Å². The minimum Gasteiger partial charge on any atom is -0.355 e. The molecule has 1 aromatic carbocycles. The van der Waals surface area contributed by atoms with Gasteiger partial charge in [0.15, 0.2) is 0 Å². The summed E-state index contributed by atoms with van der Waals surface area (Å²) in [5.41, 5.74) is 6.99. The van der Waals surface area contributed by atoms with E-state index in [4.69, 9.17) is 5.73 Å². The second-order valence-corrected chi connectivity index (χ2v) is 6.22. The normalized spacial score (nSPS) is 20.6. The van der Waals surface area contributed by atoms with Crippen molar-refractivity contribution in [3.63, 3.8) is 0 Å². The van der Waals surface area contributed by atoms with Gasteiger partial charge in [0.2, 0.25) is 5.91 Å². The predicted molar refractivity (Wildman–Crippen MR) is 85.9 cm³/mol. The number of nitrogens with two attached hydrogens (primary N) is 1. The summed E-state index contributed by atoms with van der Waals surface area (Å²) in [5.74, 6) is 0.301. The van der Waals surface area contributed by atoms with Crippen molar-refractivity contribution < 1.29 is 9.18 Å². The van der Waals surface area contributed by atoms with E-state index in [1.165, 1.54) is 12.1 Å². The van der Waals surface area contributed by atoms with Crippen LogP contribution < -0.4 is 11.1 Å². The number of nitrogens with zero attached hydrogens (tertiary/aromatic N) is 1. The summed E-state index contributed by atoms with van der Waals surface area (Å²) >= 11 is 0. The molecule has 1 aliphatic rings. The van der Waals surface area contributed by atoms with E-state index in [9.17, 15) is 9.18 Å². The van der Waals surface area contributed by atoms with E-state index in [1.807, 2.05) is 6.92 Å². The molecule has 0 bridgehead atoms. The molecule has 3 N–H and O–H groups in total. The van der Waals surface area contributed by atoms with E-state index in [0.717, 1.165) is 31.5 Å². The second kappa shape index (κ2) is 8.25. The Balaban J connectivity index is 1.68. The molecular weight excluding hydrogens is 281 g/mol. The number of nitrogens with one attached hydrogen (secondary N) is 1. The van der Waals surface area contributed by atoms with Gasteiger partial charge in [-0.1, -0.05) is 12.1 Å². The second-order valence-electron chi connectivity index (χ2n) is 6.22. The molecule has 22 heavy (non-hydrogen) atoms. The van der Waals surface area contributed by atoms with E-state index in [1.54, 1.807) is 12.1 Å². The molecule has 2 rings (SSSR count). The highest BCUT2D eigenvalue weighted by molar-refractivity contribution is 5.78. The van der Waals surface area contributed by atoms with Gasteiger partial charge in [0, 0.05) is 19.1 Å². The Morgan fingerprint density at radius 3 is 2.86 bits per heavy atom. The fourth-order valence-electron chi connectivity index (χ4n) is 2.92. The van der Waals surface area contributed by atoms with E-state index < -0.39 is 0 Å². The van der Waals surface area contributed by atoms with Gasteiger partial charge >= 0.3 is 0 Å². The number of carbonyl (C=O) groups excluding carboxylic acids is 1. The van der Waals surface area contributed by atoms with E-state index in [2.05, 4.69) is 10.2 Å². The van der Waals surface area contributed by atoms with Gasteiger partial charge in [-0.15, -0.1) is 0 Å². The summed E-state index contributed by atoms with van der Waals surface area (Å²) in [7, 11) is 0. The zero-order valence-corrected chi connectivity index (χ0v) is 13.2. The Morgan fingerprint density at radius 1 is 1.45 bits per heavy atom. The van der Waals surface area contributed by atoms with E-state index in [0.29, 0.717) is 25.4 Å². The molecule has 1 saturated heterocycles. The Morgan fingerprint density at radius 2 is 2.18 bits per heavy atom. The predicted octanol–water partition coefficient (Wildman–Crippen LogP) is 1.54. The van der Waals surface area contributed by atoms with Gasteiger partial charge in [0.25, 0.3) is 0 Å². The van der Waals surface area contributed by atoms with Crippen LogP contribution in [0, 0.1) is 11.7 Å². The van der Waals surface area contributed by atoms with Crippen molar-refractivity contribution in [2.75, 3.05) is 26.2 Å². The molecular formula is C17H26FN3O. The summed E-state index contributed by atoms with van der Waals surface area (Å²) in [6.07, 6.45) is 2.98. The topological polar surface area (TPSA) is 58.4 Å². The maximum Gasteiger partial charge on any atom is 0.234 e. The SMILES string of the molecule is CC(N)C1CCCN(CC(=O)NCCc2ccc(F)cc2)C1.